The van der Waals surface area contributed by atoms with Crippen LogP contribution in [0.15, 0.2) is 24.5 Å². The fourth-order valence-electron chi connectivity index (χ4n) is 1.91. The van der Waals surface area contributed by atoms with Crippen molar-refractivity contribution in [2.75, 3.05) is 0 Å². The molecule has 2 heterocycles. The van der Waals surface area contributed by atoms with E-state index in [9.17, 15) is 0 Å². The largest absolute Gasteiger partial charge is 0.242 e. The van der Waals surface area contributed by atoms with E-state index in [0.717, 1.165) is 0 Å². The molecule has 21 heavy (non-hydrogen) atoms. The van der Waals surface area contributed by atoms with Gasteiger partial charge in [0, 0.05) is 12.4 Å². The first-order valence-corrected chi connectivity index (χ1v) is 7.11. The Bertz CT molecular complexity index is 848. The molecule has 0 fully saturated rings. The minimum atomic E-state index is 0.279. The number of pyridine rings is 1. The van der Waals surface area contributed by atoms with E-state index in [1.165, 1.54) is 23.0 Å². The van der Waals surface area contributed by atoms with Crippen molar-refractivity contribution < 1.29 is 0 Å². The molecule has 3 rings (SSSR count). The Kier molecular flexibility index (Phi) is 3.68. The number of benzene rings is 1. The summed E-state index contributed by atoms with van der Waals surface area (Å²) in [5, 5.41) is 15.1. The van der Waals surface area contributed by atoms with Crippen LogP contribution in [0, 0.1) is 11.3 Å². The quantitative estimate of drug-likeness (QED) is 0.581. The number of nitrogens with zero attached hydrogens (tertiary/aromatic N) is 4. The van der Waals surface area contributed by atoms with Gasteiger partial charge in [-0.15, -0.1) is 0 Å². The third kappa shape index (κ3) is 2.43. The third-order valence-electron chi connectivity index (χ3n) is 2.83. The van der Waals surface area contributed by atoms with Gasteiger partial charge in [-0.1, -0.05) is 46.4 Å². The molecule has 0 spiro atoms. The summed E-state index contributed by atoms with van der Waals surface area (Å²) in [4.78, 5) is 3.96. The monoisotopic (exact) mass is 356 g/mol. The maximum Gasteiger partial charge on any atom is 0.140 e. The molecule has 0 aliphatic rings. The first-order valence-electron chi connectivity index (χ1n) is 5.60. The Labute approximate surface area is 139 Å². The van der Waals surface area contributed by atoms with Crippen molar-refractivity contribution in [1.82, 2.24) is 14.8 Å². The second-order valence-corrected chi connectivity index (χ2v) is 5.71. The highest BCUT2D eigenvalue weighted by molar-refractivity contribution is 6.39. The van der Waals surface area contributed by atoms with Gasteiger partial charge in [0.05, 0.1) is 32.1 Å². The molecule has 4 nitrogen and oxygen atoms in total. The van der Waals surface area contributed by atoms with Gasteiger partial charge in [0.1, 0.15) is 16.4 Å². The highest BCUT2D eigenvalue weighted by atomic mass is 35.5. The number of hydrogen-bond acceptors (Lipinski definition) is 3. The average Bonchev–Trinajstić information content (AvgIpc) is 2.88. The third-order valence-corrected chi connectivity index (χ3v) is 3.98. The molecule has 8 heteroatoms. The minimum absolute atomic E-state index is 0.279. The second kappa shape index (κ2) is 5.36. The number of fused-ring (bicyclic) bond motifs is 1. The van der Waals surface area contributed by atoms with E-state index >= 15 is 0 Å². The van der Waals surface area contributed by atoms with Gasteiger partial charge in [0.15, 0.2) is 0 Å². The summed E-state index contributed by atoms with van der Waals surface area (Å²) in [6, 6.07) is 5.00. The smallest absolute Gasteiger partial charge is 0.140 e. The van der Waals surface area contributed by atoms with Gasteiger partial charge < -0.3 is 0 Å². The lowest BCUT2D eigenvalue weighted by Crippen LogP contribution is -1.97. The summed E-state index contributed by atoms with van der Waals surface area (Å²) < 4.78 is 1.47. The van der Waals surface area contributed by atoms with Crippen molar-refractivity contribution >= 4 is 57.3 Å². The van der Waals surface area contributed by atoms with Gasteiger partial charge in [-0.25, -0.2) is 9.67 Å². The number of nitriles is 1. The Hall–Kier alpha value is -1.51. The molecule has 3 aromatic rings. The van der Waals surface area contributed by atoms with Crippen molar-refractivity contribution in [3.8, 4) is 11.8 Å². The Morgan fingerprint density at radius 1 is 1.05 bits per heavy atom. The molecular formula is C13H4Cl4N4. The molecule has 0 saturated carbocycles. The first kappa shape index (κ1) is 14.4. The lowest BCUT2D eigenvalue weighted by Gasteiger charge is -2.07. The molecule has 0 radical (unpaired) electrons. The molecule has 2 aromatic heterocycles. The SMILES string of the molecule is N#Cc1cc(Cl)c(-n2cc3c(Cl)ncc(Cl)c3n2)c(Cl)c1. The summed E-state index contributed by atoms with van der Waals surface area (Å²) >= 11 is 24.4. The van der Waals surface area contributed by atoms with Gasteiger partial charge in [-0.05, 0) is 12.1 Å². The zero-order valence-electron chi connectivity index (χ0n) is 10.1. The van der Waals surface area contributed by atoms with Gasteiger partial charge >= 0.3 is 0 Å². The van der Waals surface area contributed by atoms with Crippen LogP contribution in [0.5, 0.6) is 0 Å². The molecular weight excluding hydrogens is 354 g/mol. The standard InChI is InChI=1S/C13H4Cl4N4/c14-8-1-6(3-18)2-9(15)12(8)21-5-7-11(20-21)10(16)4-19-13(7)17/h1-2,4-5H. The molecule has 0 amide bonds. The fourth-order valence-corrected chi connectivity index (χ4v) is 2.94. The maximum absolute atomic E-state index is 8.90. The maximum atomic E-state index is 8.90. The number of aromatic nitrogens is 3. The van der Waals surface area contributed by atoms with Gasteiger partial charge in [0.2, 0.25) is 0 Å². The van der Waals surface area contributed by atoms with Crippen LogP contribution in [0.25, 0.3) is 16.6 Å². The van der Waals surface area contributed by atoms with Crippen molar-refractivity contribution in [2.45, 2.75) is 0 Å². The summed E-state index contributed by atoms with van der Waals surface area (Å²) in [7, 11) is 0. The second-order valence-electron chi connectivity index (χ2n) is 4.13. The van der Waals surface area contributed by atoms with Crippen molar-refractivity contribution in [2.24, 2.45) is 0 Å². The number of halogens is 4. The summed E-state index contributed by atoms with van der Waals surface area (Å²) in [6.45, 7) is 0. The van der Waals surface area contributed by atoms with Crippen molar-refractivity contribution in [3.05, 3.63) is 50.3 Å². The summed E-state index contributed by atoms with van der Waals surface area (Å²) in [6.07, 6.45) is 3.06. The molecule has 0 aliphatic carbocycles. The van der Waals surface area contributed by atoms with Crippen LogP contribution in [-0.4, -0.2) is 14.8 Å². The van der Waals surface area contributed by atoms with E-state index in [2.05, 4.69) is 10.1 Å². The molecule has 104 valence electrons. The predicted molar refractivity (Wildman–Crippen MR) is 83.6 cm³/mol. The molecule has 0 bridgehead atoms. The summed E-state index contributed by atoms with van der Waals surface area (Å²) in [5.74, 6) is 0. The highest BCUT2D eigenvalue weighted by Crippen LogP contribution is 2.33. The van der Waals surface area contributed by atoms with Crippen LogP contribution in [0.2, 0.25) is 20.2 Å². The number of hydrogen-bond donors (Lipinski definition) is 0. The Morgan fingerprint density at radius 2 is 1.71 bits per heavy atom. The predicted octanol–water partition coefficient (Wildman–Crippen LogP) is 4.91. The van der Waals surface area contributed by atoms with E-state index in [1.807, 2.05) is 6.07 Å². The van der Waals surface area contributed by atoms with Crippen LogP contribution < -0.4 is 0 Å². The van der Waals surface area contributed by atoms with Crippen LogP contribution in [0.1, 0.15) is 5.56 Å². The van der Waals surface area contributed by atoms with E-state index in [0.29, 0.717) is 37.2 Å². The Balaban J connectivity index is 2.29. The molecule has 1 aromatic carbocycles. The molecule has 0 aliphatic heterocycles. The van der Waals surface area contributed by atoms with E-state index in [-0.39, 0.29) is 5.15 Å². The van der Waals surface area contributed by atoms with Gasteiger partial charge in [-0.3, -0.25) is 0 Å². The highest BCUT2D eigenvalue weighted by Gasteiger charge is 2.15. The first-order chi connectivity index (χ1) is 10.0. The topological polar surface area (TPSA) is 54.5 Å². The Morgan fingerprint density at radius 3 is 2.29 bits per heavy atom. The van der Waals surface area contributed by atoms with Crippen LogP contribution >= 0.6 is 46.4 Å². The molecule has 0 atom stereocenters. The molecule has 0 N–H and O–H groups in total. The van der Waals surface area contributed by atoms with E-state index < -0.39 is 0 Å². The normalized spacial score (nSPS) is 10.8. The zero-order valence-corrected chi connectivity index (χ0v) is 13.1. The number of rotatable bonds is 1. The molecule has 0 unspecified atom stereocenters. The fraction of sp³-hybridized carbons (Fsp3) is 0. The molecule has 0 saturated heterocycles. The van der Waals surface area contributed by atoms with Crippen LogP contribution in [0.4, 0.5) is 0 Å². The lowest BCUT2D eigenvalue weighted by atomic mass is 10.2. The average molecular weight is 358 g/mol. The van der Waals surface area contributed by atoms with Crippen molar-refractivity contribution in [3.63, 3.8) is 0 Å². The zero-order chi connectivity index (χ0) is 15.1. The van der Waals surface area contributed by atoms with Crippen LogP contribution in [0.3, 0.4) is 0 Å². The lowest BCUT2D eigenvalue weighted by molar-refractivity contribution is 0.896. The van der Waals surface area contributed by atoms with Crippen molar-refractivity contribution in [1.29, 1.82) is 5.26 Å². The van der Waals surface area contributed by atoms with E-state index in [1.54, 1.807) is 6.20 Å². The van der Waals surface area contributed by atoms with E-state index in [4.69, 9.17) is 51.7 Å². The van der Waals surface area contributed by atoms with Gasteiger partial charge in [0.25, 0.3) is 0 Å². The summed E-state index contributed by atoms with van der Waals surface area (Å²) in [5.41, 5.74) is 1.30. The van der Waals surface area contributed by atoms with Gasteiger partial charge in [-0.2, -0.15) is 10.4 Å². The van der Waals surface area contributed by atoms with Crippen LogP contribution in [-0.2, 0) is 0 Å². The minimum Gasteiger partial charge on any atom is -0.242 e.